The highest BCUT2D eigenvalue weighted by molar-refractivity contribution is 5.91. The molecule has 4 aromatic carbocycles. The summed E-state index contributed by atoms with van der Waals surface area (Å²) in [6.45, 7) is 15.8. The van der Waals surface area contributed by atoms with E-state index in [9.17, 15) is 0 Å². The second-order valence-corrected chi connectivity index (χ2v) is 11.7. The van der Waals surface area contributed by atoms with Crippen LogP contribution >= 0.6 is 0 Å². The van der Waals surface area contributed by atoms with Gasteiger partial charge in [-0.2, -0.15) is 0 Å². The Kier molecular flexibility index (Phi) is 5.50. The van der Waals surface area contributed by atoms with Crippen molar-refractivity contribution in [1.29, 1.82) is 0 Å². The van der Waals surface area contributed by atoms with Gasteiger partial charge in [-0.05, 0) is 89.9 Å². The summed E-state index contributed by atoms with van der Waals surface area (Å²) < 4.78 is 0. The van der Waals surface area contributed by atoms with Crippen LogP contribution in [0, 0.1) is 13.8 Å². The van der Waals surface area contributed by atoms with Crippen molar-refractivity contribution in [3.8, 4) is 0 Å². The maximum Gasteiger partial charge on any atom is 0.0935 e. The van der Waals surface area contributed by atoms with Gasteiger partial charge in [-0.25, -0.2) is 19.9 Å². The molecule has 6 rings (SSSR count). The number of aromatic nitrogens is 4. The summed E-state index contributed by atoms with van der Waals surface area (Å²) in [4.78, 5) is 20.2. The Morgan fingerprint density at radius 3 is 1.92 bits per heavy atom. The zero-order chi connectivity index (χ0) is 26.8. The summed E-state index contributed by atoms with van der Waals surface area (Å²) in [5.74, 6) is 0. The number of fused-ring (bicyclic) bond motifs is 4. The molecule has 0 amide bonds. The van der Waals surface area contributed by atoms with Crippen molar-refractivity contribution in [3.63, 3.8) is 0 Å². The summed E-state index contributed by atoms with van der Waals surface area (Å²) in [7, 11) is 0. The zero-order valence-electron chi connectivity index (χ0n) is 23.3. The molecule has 0 unspecified atom stereocenters. The zero-order valence-corrected chi connectivity index (χ0v) is 23.3. The second kappa shape index (κ2) is 8.56. The van der Waals surface area contributed by atoms with E-state index in [4.69, 9.17) is 19.9 Å². The lowest BCUT2D eigenvalue weighted by molar-refractivity contribution is 0.491. The van der Waals surface area contributed by atoms with Crippen LogP contribution in [0.25, 0.3) is 44.1 Å². The maximum absolute atomic E-state index is 5.17. The van der Waals surface area contributed by atoms with Crippen LogP contribution in [-0.4, -0.2) is 19.9 Å². The average Bonchev–Trinajstić information content (AvgIpc) is 2.92. The van der Waals surface area contributed by atoms with Crippen molar-refractivity contribution >= 4 is 44.1 Å². The summed E-state index contributed by atoms with van der Waals surface area (Å²) in [5.41, 5.74) is 13.4. The fraction of sp³-hybridized carbons (Fsp3) is 0.294. The number of para-hydroxylation sites is 2. The molecule has 0 spiro atoms. The Bertz CT molecular complexity index is 1880. The van der Waals surface area contributed by atoms with Crippen molar-refractivity contribution in [1.82, 2.24) is 19.9 Å². The van der Waals surface area contributed by atoms with E-state index in [1.165, 1.54) is 27.8 Å². The van der Waals surface area contributed by atoms with Crippen LogP contribution in [-0.2, 0) is 10.8 Å². The molecule has 0 aliphatic carbocycles. The van der Waals surface area contributed by atoms with Crippen LogP contribution in [0.2, 0.25) is 0 Å². The summed E-state index contributed by atoms with van der Waals surface area (Å²) in [6, 6.07) is 23.3. The van der Waals surface area contributed by atoms with Crippen molar-refractivity contribution in [2.45, 2.75) is 65.7 Å². The third-order valence-electron chi connectivity index (χ3n) is 8.60. The van der Waals surface area contributed by atoms with Gasteiger partial charge in [0.2, 0.25) is 0 Å². The number of benzene rings is 4. The molecule has 0 fully saturated rings. The van der Waals surface area contributed by atoms with Gasteiger partial charge in [0.25, 0.3) is 0 Å². The van der Waals surface area contributed by atoms with Gasteiger partial charge in [0.1, 0.15) is 0 Å². The largest absolute Gasteiger partial charge is 0.244 e. The standard InChI is InChI=1S/C34H34N4/c1-8-33(4,5)30-23(15-18-28-32(30)38-25-12-10-9-11-24(25)35-28)34(6,7)22-14-17-26-29(19-22)36-27-16-13-20(2)21(3)31(27)37-26/h9-19H,8H2,1-7H3. The first kappa shape index (κ1) is 24.4. The minimum absolute atomic E-state index is 0.0779. The van der Waals surface area contributed by atoms with Gasteiger partial charge in [0, 0.05) is 5.41 Å². The summed E-state index contributed by atoms with van der Waals surface area (Å²) in [5, 5.41) is 0. The lowest BCUT2D eigenvalue weighted by Gasteiger charge is -2.35. The Labute approximate surface area is 224 Å². The van der Waals surface area contributed by atoms with Gasteiger partial charge < -0.3 is 0 Å². The lowest BCUT2D eigenvalue weighted by Crippen LogP contribution is -2.27. The van der Waals surface area contributed by atoms with Crippen molar-refractivity contribution < 1.29 is 0 Å². The molecule has 0 saturated heterocycles. The first-order valence-corrected chi connectivity index (χ1v) is 13.5. The molecule has 0 aliphatic heterocycles. The molecule has 0 radical (unpaired) electrons. The monoisotopic (exact) mass is 498 g/mol. The van der Waals surface area contributed by atoms with E-state index >= 15 is 0 Å². The Balaban J connectivity index is 1.59. The predicted octanol–water partition coefficient (Wildman–Crippen LogP) is 8.51. The fourth-order valence-electron chi connectivity index (χ4n) is 5.59. The first-order chi connectivity index (χ1) is 18.1. The Hall–Kier alpha value is -3.92. The van der Waals surface area contributed by atoms with Crippen molar-refractivity contribution in [2.24, 2.45) is 0 Å². The van der Waals surface area contributed by atoms with E-state index in [-0.39, 0.29) is 10.8 Å². The van der Waals surface area contributed by atoms with E-state index in [2.05, 4.69) is 97.0 Å². The molecule has 2 aromatic heterocycles. The molecule has 190 valence electrons. The lowest BCUT2D eigenvalue weighted by atomic mass is 9.69. The number of aryl methyl sites for hydroxylation is 2. The van der Waals surface area contributed by atoms with Crippen LogP contribution in [0.4, 0.5) is 0 Å². The fourth-order valence-corrected chi connectivity index (χ4v) is 5.59. The van der Waals surface area contributed by atoms with Crippen molar-refractivity contribution in [2.75, 3.05) is 0 Å². The molecule has 4 heteroatoms. The number of rotatable bonds is 4. The van der Waals surface area contributed by atoms with E-state index in [1.54, 1.807) is 0 Å². The molecule has 38 heavy (non-hydrogen) atoms. The molecule has 0 bridgehead atoms. The normalized spacial score (nSPS) is 12.7. The third kappa shape index (κ3) is 3.74. The second-order valence-electron chi connectivity index (χ2n) is 11.7. The Morgan fingerprint density at radius 1 is 0.605 bits per heavy atom. The van der Waals surface area contributed by atoms with Gasteiger partial charge in [-0.1, -0.05) is 65.0 Å². The SMILES string of the molecule is CCC(C)(C)c1c(C(C)(C)c2ccc3nc4c(C)c(C)ccc4nc3c2)ccc2nc3ccccc3nc12. The molecule has 4 nitrogen and oxygen atoms in total. The van der Waals surface area contributed by atoms with Gasteiger partial charge in [-0.3, -0.25) is 0 Å². The molecule has 0 N–H and O–H groups in total. The van der Waals surface area contributed by atoms with E-state index in [0.29, 0.717) is 0 Å². The maximum atomic E-state index is 5.17. The smallest absolute Gasteiger partial charge is 0.0935 e. The number of nitrogens with zero attached hydrogens (tertiary/aromatic N) is 4. The molecular weight excluding hydrogens is 464 g/mol. The van der Waals surface area contributed by atoms with Gasteiger partial charge in [0.05, 0.1) is 44.1 Å². The van der Waals surface area contributed by atoms with Gasteiger partial charge in [0.15, 0.2) is 0 Å². The third-order valence-corrected chi connectivity index (χ3v) is 8.60. The minimum Gasteiger partial charge on any atom is -0.244 e. The van der Waals surface area contributed by atoms with E-state index in [1.807, 2.05) is 18.2 Å². The van der Waals surface area contributed by atoms with Crippen LogP contribution < -0.4 is 0 Å². The van der Waals surface area contributed by atoms with Crippen LogP contribution in [0.3, 0.4) is 0 Å². The first-order valence-electron chi connectivity index (χ1n) is 13.5. The van der Waals surface area contributed by atoms with E-state index in [0.717, 1.165) is 50.6 Å². The van der Waals surface area contributed by atoms with Gasteiger partial charge in [-0.15, -0.1) is 0 Å². The summed E-state index contributed by atoms with van der Waals surface area (Å²) >= 11 is 0. The quantitative estimate of drug-likeness (QED) is 0.229. The topological polar surface area (TPSA) is 51.6 Å². The highest BCUT2D eigenvalue weighted by Gasteiger charge is 2.34. The highest BCUT2D eigenvalue weighted by atomic mass is 14.8. The minimum atomic E-state index is -0.280. The van der Waals surface area contributed by atoms with Crippen molar-refractivity contribution in [3.05, 3.63) is 94.5 Å². The van der Waals surface area contributed by atoms with Gasteiger partial charge >= 0.3 is 0 Å². The van der Waals surface area contributed by atoms with Crippen LogP contribution in [0.5, 0.6) is 0 Å². The molecule has 0 aliphatic rings. The molecule has 2 heterocycles. The Morgan fingerprint density at radius 2 is 1.18 bits per heavy atom. The highest BCUT2D eigenvalue weighted by Crippen LogP contribution is 2.43. The molecule has 0 atom stereocenters. The molecule has 6 aromatic rings. The number of hydrogen-bond donors (Lipinski definition) is 0. The predicted molar refractivity (Wildman–Crippen MR) is 159 cm³/mol. The van der Waals surface area contributed by atoms with Crippen LogP contribution in [0.1, 0.15) is 68.9 Å². The van der Waals surface area contributed by atoms with Crippen LogP contribution in [0.15, 0.2) is 66.7 Å². The molecule has 0 saturated carbocycles. The number of hydrogen-bond acceptors (Lipinski definition) is 4. The summed E-state index contributed by atoms with van der Waals surface area (Å²) in [6.07, 6.45) is 0.998. The molecular formula is C34H34N4. The average molecular weight is 499 g/mol. The van der Waals surface area contributed by atoms with E-state index < -0.39 is 0 Å².